The Morgan fingerprint density at radius 3 is 2.48 bits per heavy atom. The second-order valence-electron chi connectivity index (χ2n) is 4.59. The molecule has 3 heteroatoms. The first kappa shape index (κ1) is 13.2. The summed E-state index contributed by atoms with van der Waals surface area (Å²) in [5, 5.41) is 3.01. The first-order chi connectivity index (χ1) is 10.4. The minimum atomic E-state index is 0.762. The highest BCUT2D eigenvalue weighted by atomic mass is 16.5. The van der Waals surface area contributed by atoms with Crippen molar-refractivity contribution >= 4 is 5.82 Å². The van der Waals surface area contributed by atoms with Crippen molar-refractivity contribution in [2.24, 2.45) is 0 Å². The average molecular weight is 276 g/mol. The molecule has 1 aromatic heterocycles. The van der Waals surface area contributed by atoms with Crippen molar-refractivity contribution < 1.29 is 4.74 Å². The molecule has 104 valence electrons. The molecule has 3 rings (SSSR count). The Morgan fingerprint density at radius 1 is 0.905 bits per heavy atom. The van der Waals surface area contributed by atoms with Crippen molar-refractivity contribution in [3.63, 3.8) is 0 Å². The normalized spacial score (nSPS) is 10.1. The summed E-state index contributed by atoms with van der Waals surface area (Å²) in [6.45, 7) is 0. The van der Waals surface area contributed by atoms with Gasteiger partial charge < -0.3 is 10.1 Å². The number of nitrogens with one attached hydrogen (secondary N) is 1. The molecule has 0 spiro atoms. The van der Waals surface area contributed by atoms with E-state index in [0.717, 1.165) is 28.4 Å². The highest BCUT2D eigenvalue weighted by Crippen LogP contribution is 2.33. The third-order valence-corrected chi connectivity index (χ3v) is 3.19. The zero-order valence-corrected chi connectivity index (χ0v) is 11.8. The lowest BCUT2D eigenvalue weighted by Crippen LogP contribution is -1.93. The van der Waals surface area contributed by atoms with Crippen LogP contribution < -0.4 is 10.1 Å². The van der Waals surface area contributed by atoms with Gasteiger partial charge in [-0.2, -0.15) is 0 Å². The van der Waals surface area contributed by atoms with Crippen LogP contribution in [0.4, 0.5) is 5.82 Å². The van der Waals surface area contributed by atoms with Gasteiger partial charge in [-0.05, 0) is 17.7 Å². The summed E-state index contributed by atoms with van der Waals surface area (Å²) >= 11 is 0. The predicted molar refractivity (Wildman–Crippen MR) is 85.7 cm³/mol. The molecule has 3 nitrogen and oxygen atoms in total. The van der Waals surface area contributed by atoms with Crippen LogP contribution in [0.3, 0.4) is 0 Å². The minimum absolute atomic E-state index is 0.762. The second kappa shape index (κ2) is 6.09. The maximum absolute atomic E-state index is 6.03. The summed E-state index contributed by atoms with van der Waals surface area (Å²) in [6, 6.07) is 22.0. The Morgan fingerprint density at radius 2 is 1.67 bits per heavy atom. The van der Waals surface area contributed by atoms with E-state index in [1.807, 2.05) is 55.6 Å². The van der Waals surface area contributed by atoms with E-state index >= 15 is 0 Å². The molecule has 1 N–H and O–H groups in total. The van der Waals surface area contributed by atoms with Crippen LogP contribution in [0.2, 0.25) is 0 Å². The Hall–Kier alpha value is -2.81. The summed E-state index contributed by atoms with van der Waals surface area (Å²) in [4.78, 5) is 4.19. The van der Waals surface area contributed by atoms with Crippen LogP contribution in [0.25, 0.3) is 11.1 Å². The van der Waals surface area contributed by atoms with Gasteiger partial charge in [0.15, 0.2) is 0 Å². The molecule has 0 radical (unpaired) electrons. The summed E-state index contributed by atoms with van der Waals surface area (Å²) in [6.07, 6.45) is 1.73. The number of hydrogen-bond acceptors (Lipinski definition) is 3. The molecule has 0 atom stereocenters. The van der Waals surface area contributed by atoms with Gasteiger partial charge in [0.1, 0.15) is 17.3 Å². The smallest absolute Gasteiger partial charge is 0.135 e. The van der Waals surface area contributed by atoms with Crippen molar-refractivity contribution in [3.8, 4) is 22.6 Å². The van der Waals surface area contributed by atoms with Gasteiger partial charge in [-0.1, -0.05) is 48.5 Å². The SMILES string of the molecule is CNc1cc(Oc2ccccc2-c2ccccc2)ccn1. The van der Waals surface area contributed by atoms with Crippen LogP contribution in [-0.4, -0.2) is 12.0 Å². The lowest BCUT2D eigenvalue weighted by molar-refractivity contribution is 0.484. The van der Waals surface area contributed by atoms with E-state index in [4.69, 9.17) is 4.74 Å². The van der Waals surface area contributed by atoms with Crippen LogP contribution in [0.5, 0.6) is 11.5 Å². The van der Waals surface area contributed by atoms with Gasteiger partial charge >= 0.3 is 0 Å². The monoisotopic (exact) mass is 276 g/mol. The molecule has 0 saturated heterocycles. The van der Waals surface area contributed by atoms with Crippen LogP contribution in [0.1, 0.15) is 0 Å². The maximum Gasteiger partial charge on any atom is 0.135 e. The van der Waals surface area contributed by atoms with Gasteiger partial charge in [-0.25, -0.2) is 4.98 Å². The molecule has 0 aliphatic rings. The number of aromatic nitrogens is 1. The number of benzene rings is 2. The number of para-hydroxylation sites is 1. The number of rotatable bonds is 4. The lowest BCUT2D eigenvalue weighted by atomic mass is 10.1. The lowest BCUT2D eigenvalue weighted by Gasteiger charge is -2.11. The summed E-state index contributed by atoms with van der Waals surface area (Å²) in [7, 11) is 1.84. The molecule has 21 heavy (non-hydrogen) atoms. The van der Waals surface area contributed by atoms with E-state index in [9.17, 15) is 0 Å². The topological polar surface area (TPSA) is 34.1 Å². The van der Waals surface area contributed by atoms with Crippen LogP contribution >= 0.6 is 0 Å². The molecule has 0 bridgehead atoms. The Bertz CT molecular complexity index is 726. The highest BCUT2D eigenvalue weighted by molar-refractivity contribution is 5.70. The number of hydrogen-bond donors (Lipinski definition) is 1. The molecule has 0 aliphatic heterocycles. The molecule has 1 heterocycles. The van der Waals surface area contributed by atoms with E-state index in [-0.39, 0.29) is 0 Å². The van der Waals surface area contributed by atoms with Crippen LogP contribution in [-0.2, 0) is 0 Å². The number of ether oxygens (including phenoxy) is 1. The van der Waals surface area contributed by atoms with Gasteiger partial charge in [0.05, 0.1) is 0 Å². The zero-order chi connectivity index (χ0) is 14.5. The predicted octanol–water partition coefficient (Wildman–Crippen LogP) is 4.58. The van der Waals surface area contributed by atoms with E-state index in [1.165, 1.54) is 0 Å². The number of nitrogens with zero attached hydrogens (tertiary/aromatic N) is 1. The Labute approximate surface area is 124 Å². The van der Waals surface area contributed by atoms with E-state index < -0.39 is 0 Å². The maximum atomic E-state index is 6.03. The fourth-order valence-corrected chi connectivity index (χ4v) is 2.15. The van der Waals surface area contributed by atoms with Crippen molar-refractivity contribution in [3.05, 3.63) is 72.9 Å². The Balaban J connectivity index is 1.96. The third kappa shape index (κ3) is 3.03. The van der Waals surface area contributed by atoms with Gasteiger partial charge in [0.25, 0.3) is 0 Å². The molecule has 0 fully saturated rings. The summed E-state index contributed by atoms with van der Waals surface area (Å²) in [5.41, 5.74) is 2.21. The summed E-state index contributed by atoms with van der Waals surface area (Å²) < 4.78 is 6.03. The quantitative estimate of drug-likeness (QED) is 0.757. The molecule has 0 unspecified atom stereocenters. The molecule has 2 aromatic carbocycles. The van der Waals surface area contributed by atoms with Crippen molar-refractivity contribution in [2.45, 2.75) is 0 Å². The molecule has 0 amide bonds. The standard InChI is InChI=1S/C18H16N2O/c1-19-18-13-15(11-12-20-18)21-17-10-6-5-9-16(17)14-7-3-2-4-8-14/h2-13H,1H3,(H,19,20). The zero-order valence-electron chi connectivity index (χ0n) is 11.8. The first-order valence-electron chi connectivity index (χ1n) is 6.83. The van der Waals surface area contributed by atoms with Gasteiger partial charge in [-0.3, -0.25) is 0 Å². The first-order valence-corrected chi connectivity index (χ1v) is 6.83. The van der Waals surface area contributed by atoms with Crippen LogP contribution in [0.15, 0.2) is 72.9 Å². The van der Waals surface area contributed by atoms with E-state index in [2.05, 4.69) is 28.5 Å². The molecular formula is C18H16N2O. The van der Waals surface area contributed by atoms with Crippen molar-refractivity contribution in [1.29, 1.82) is 0 Å². The van der Waals surface area contributed by atoms with E-state index in [0.29, 0.717) is 0 Å². The van der Waals surface area contributed by atoms with Gasteiger partial charge in [-0.15, -0.1) is 0 Å². The largest absolute Gasteiger partial charge is 0.457 e. The average Bonchev–Trinajstić information content (AvgIpc) is 2.56. The number of pyridine rings is 1. The van der Waals surface area contributed by atoms with Crippen molar-refractivity contribution in [2.75, 3.05) is 12.4 Å². The van der Waals surface area contributed by atoms with Gasteiger partial charge in [0, 0.05) is 24.9 Å². The molecule has 3 aromatic rings. The minimum Gasteiger partial charge on any atom is -0.457 e. The molecular weight excluding hydrogens is 260 g/mol. The molecule has 0 saturated carbocycles. The molecule has 0 aliphatic carbocycles. The fourth-order valence-electron chi connectivity index (χ4n) is 2.15. The second-order valence-corrected chi connectivity index (χ2v) is 4.59. The third-order valence-electron chi connectivity index (χ3n) is 3.19. The highest BCUT2D eigenvalue weighted by Gasteiger charge is 2.06. The number of anilines is 1. The van der Waals surface area contributed by atoms with Gasteiger partial charge in [0.2, 0.25) is 0 Å². The van der Waals surface area contributed by atoms with E-state index in [1.54, 1.807) is 6.20 Å². The van der Waals surface area contributed by atoms with Crippen LogP contribution in [0, 0.1) is 0 Å². The van der Waals surface area contributed by atoms with Crippen molar-refractivity contribution in [1.82, 2.24) is 4.98 Å². The Kier molecular flexibility index (Phi) is 3.83. The summed E-state index contributed by atoms with van der Waals surface area (Å²) in [5.74, 6) is 2.37. The fraction of sp³-hybridized carbons (Fsp3) is 0.0556.